The minimum absolute atomic E-state index is 0.00514. The minimum Gasteiger partial charge on any atom is -0.358 e. The van der Waals surface area contributed by atoms with Crippen molar-refractivity contribution in [1.82, 2.24) is 20.1 Å². The summed E-state index contributed by atoms with van der Waals surface area (Å²) in [6.07, 6.45) is 8.15. The van der Waals surface area contributed by atoms with Crippen LogP contribution in [0.2, 0.25) is 0 Å². The van der Waals surface area contributed by atoms with Crippen molar-refractivity contribution >= 4 is 30.9 Å². The number of likely N-dealkylation sites (N-methyl/N-ethyl adjacent to an activating group) is 1. The van der Waals surface area contributed by atoms with Gasteiger partial charge in [0.2, 0.25) is 18.2 Å². The molecule has 152 valence electrons. The quantitative estimate of drug-likeness (QED) is 0.629. The number of carbonyl (C=O) groups excluding carboxylic acids is 3. The van der Waals surface area contributed by atoms with Crippen LogP contribution in [-0.4, -0.2) is 66.7 Å². The third kappa shape index (κ3) is 5.40. The van der Waals surface area contributed by atoms with Crippen LogP contribution in [0.1, 0.15) is 19.3 Å². The Morgan fingerprint density at radius 3 is 2.89 bits per heavy atom. The van der Waals surface area contributed by atoms with Gasteiger partial charge in [-0.1, -0.05) is 19.2 Å². The zero-order valence-corrected chi connectivity index (χ0v) is 16.2. The average Bonchev–Trinajstić information content (AvgIpc) is 3.25. The van der Waals surface area contributed by atoms with E-state index in [9.17, 15) is 14.4 Å². The molecule has 0 aliphatic carbocycles. The highest BCUT2D eigenvalue weighted by atomic mass is 16.5. The number of hydrogen-bond donors (Lipinski definition) is 2. The summed E-state index contributed by atoms with van der Waals surface area (Å²) in [7, 11) is 1.70. The lowest BCUT2D eigenvalue weighted by Crippen LogP contribution is -2.50. The van der Waals surface area contributed by atoms with E-state index in [0.29, 0.717) is 13.0 Å². The zero-order valence-electron chi connectivity index (χ0n) is 16.2. The summed E-state index contributed by atoms with van der Waals surface area (Å²) in [5.74, 6) is -0.155. The first kappa shape index (κ1) is 21.6. The van der Waals surface area contributed by atoms with Gasteiger partial charge in [-0.05, 0) is 37.3 Å². The van der Waals surface area contributed by atoms with Gasteiger partial charge in [-0.25, -0.2) is 0 Å². The molecule has 1 unspecified atom stereocenters. The van der Waals surface area contributed by atoms with Crippen LogP contribution in [-0.2, 0) is 19.1 Å². The molecule has 0 aromatic carbocycles. The van der Waals surface area contributed by atoms with Crippen molar-refractivity contribution in [2.45, 2.75) is 31.5 Å². The fraction of sp³-hybridized carbons (Fsp3) is 0.450. The van der Waals surface area contributed by atoms with Crippen LogP contribution in [0.3, 0.4) is 0 Å². The van der Waals surface area contributed by atoms with Crippen molar-refractivity contribution in [1.29, 1.82) is 0 Å². The first-order chi connectivity index (χ1) is 13.5. The second kappa shape index (κ2) is 10.6. The molecular formula is C20H28N4O4. The van der Waals surface area contributed by atoms with Crippen LogP contribution in [0.25, 0.3) is 12.7 Å². The Hall–Kier alpha value is -2.71. The number of hydrogen-bond acceptors (Lipinski definition) is 5. The second-order valence-electron chi connectivity index (χ2n) is 6.58. The van der Waals surface area contributed by atoms with E-state index in [2.05, 4.69) is 23.8 Å². The van der Waals surface area contributed by atoms with Gasteiger partial charge in [0.1, 0.15) is 12.3 Å². The second-order valence-corrected chi connectivity index (χ2v) is 6.58. The van der Waals surface area contributed by atoms with Crippen LogP contribution in [0.4, 0.5) is 0 Å². The number of aromatic nitrogens is 1. The molecule has 3 rings (SSSR count). The Balaban J connectivity index is 0.000000221. The number of fused-ring (bicyclic) bond motifs is 1. The maximum Gasteiger partial charge on any atom is 0.247 e. The van der Waals surface area contributed by atoms with Gasteiger partial charge >= 0.3 is 0 Å². The molecule has 2 N–H and O–H groups in total. The highest BCUT2D eigenvalue weighted by molar-refractivity contribution is 5.88. The number of nitrogens with zero attached hydrogens (tertiary/aromatic N) is 2. The van der Waals surface area contributed by atoms with Crippen molar-refractivity contribution in [3.8, 4) is 0 Å². The molecule has 2 atom stereocenters. The van der Waals surface area contributed by atoms with E-state index in [1.807, 2.05) is 0 Å². The van der Waals surface area contributed by atoms with Gasteiger partial charge in [0, 0.05) is 19.2 Å². The van der Waals surface area contributed by atoms with Crippen LogP contribution in [0.5, 0.6) is 0 Å². The molecule has 2 saturated heterocycles. The van der Waals surface area contributed by atoms with E-state index in [-0.39, 0.29) is 24.6 Å². The smallest absolute Gasteiger partial charge is 0.247 e. The molecule has 0 spiro atoms. The molecule has 3 heterocycles. The molecule has 0 bridgehead atoms. The standard InChI is InChI=1S/C11H19N3O3.C9H9NO/c1-12-7-9(15)13-8-4-6-17-10-3-2-5-14(10)11(8)16;1-3-4-9-8(2)5-6-10(9)7-11/h8,10,12H,2-7H2,1H3,(H,13,15);3-7H,1-2H2/b;9-4+/t8-,10?;/m0./s1. The first-order valence-electron chi connectivity index (χ1n) is 9.31. The SMILES string of the molecule is C=C/C=c1\c(=C)ccn1C=O.CNCC(=O)N[C@H]1CCOC2CCCN2C1=O. The topological polar surface area (TPSA) is 92.7 Å². The molecular weight excluding hydrogens is 360 g/mol. The Labute approximate surface area is 164 Å². The molecule has 2 aliphatic rings. The predicted octanol–water partition coefficient (Wildman–Crippen LogP) is -1.04. The number of rotatable bonds is 5. The minimum atomic E-state index is -0.432. The van der Waals surface area contributed by atoms with E-state index in [0.717, 1.165) is 36.4 Å². The summed E-state index contributed by atoms with van der Waals surface area (Å²) in [5.41, 5.74) is 0. The number of carbonyl (C=O) groups is 3. The Morgan fingerprint density at radius 2 is 2.21 bits per heavy atom. The van der Waals surface area contributed by atoms with Gasteiger partial charge in [0.05, 0.1) is 18.5 Å². The first-order valence-corrected chi connectivity index (χ1v) is 9.31. The van der Waals surface area contributed by atoms with Gasteiger partial charge in [0.15, 0.2) is 0 Å². The lowest BCUT2D eigenvalue weighted by Gasteiger charge is -2.24. The lowest BCUT2D eigenvalue weighted by atomic mass is 10.2. The largest absolute Gasteiger partial charge is 0.358 e. The van der Waals surface area contributed by atoms with Crippen molar-refractivity contribution < 1.29 is 19.1 Å². The van der Waals surface area contributed by atoms with Crippen LogP contribution < -0.4 is 21.2 Å². The number of amides is 2. The lowest BCUT2D eigenvalue weighted by molar-refractivity contribution is -0.140. The fourth-order valence-corrected chi connectivity index (χ4v) is 3.25. The van der Waals surface area contributed by atoms with Crippen molar-refractivity contribution in [3.05, 3.63) is 35.5 Å². The zero-order chi connectivity index (χ0) is 20.5. The molecule has 1 aromatic rings. The summed E-state index contributed by atoms with van der Waals surface area (Å²) in [5, 5.41) is 7.13. The van der Waals surface area contributed by atoms with Crippen LogP contribution in [0.15, 0.2) is 24.9 Å². The molecule has 2 amide bonds. The normalized spacial score (nSPS) is 22.0. The number of allylic oxidation sites excluding steroid dienone is 1. The third-order valence-corrected chi connectivity index (χ3v) is 4.60. The number of ether oxygens (including phenoxy) is 1. The molecule has 0 saturated carbocycles. The third-order valence-electron chi connectivity index (χ3n) is 4.60. The van der Waals surface area contributed by atoms with Gasteiger partial charge < -0.3 is 20.3 Å². The van der Waals surface area contributed by atoms with Crippen molar-refractivity contribution in [2.24, 2.45) is 0 Å². The van der Waals surface area contributed by atoms with E-state index in [4.69, 9.17) is 4.74 Å². The predicted molar refractivity (Wildman–Crippen MR) is 107 cm³/mol. The molecule has 0 radical (unpaired) electrons. The summed E-state index contributed by atoms with van der Waals surface area (Å²) >= 11 is 0. The van der Waals surface area contributed by atoms with Crippen molar-refractivity contribution in [2.75, 3.05) is 26.7 Å². The highest BCUT2D eigenvalue weighted by Gasteiger charge is 2.36. The summed E-state index contributed by atoms with van der Waals surface area (Å²) < 4.78 is 7.07. The highest BCUT2D eigenvalue weighted by Crippen LogP contribution is 2.22. The van der Waals surface area contributed by atoms with Gasteiger partial charge in [-0.3, -0.25) is 19.0 Å². The average molecular weight is 388 g/mol. The molecule has 28 heavy (non-hydrogen) atoms. The fourth-order valence-electron chi connectivity index (χ4n) is 3.25. The molecule has 8 heteroatoms. The monoisotopic (exact) mass is 388 g/mol. The summed E-state index contributed by atoms with van der Waals surface area (Å²) in [4.78, 5) is 35.8. The molecule has 8 nitrogen and oxygen atoms in total. The maximum absolute atomic E-state index is 12.2. The van der Waals surface area contributed by atoms with Gasteiger partial charge in [-0.2, -0.15) is 0 Å². The van der Waals surface area contributed by atoms with E-state index in [1.165, 1.54) is 4.57 Å². The Morgan fingerprint density at radius 1 is 1.43 bits per heavy atom. The van der Waals surface area contributed by atoms with Crippen LogP contribution in [0, 0.1) is 0 Å². The number of nitrogens with one attached hydrogen (secondary N) is 2. The molecule has 2 aliphatic heterocycles. The Kier molecular flexibility index (Phi) is 8.16. The van der Waals surface area contributed by atoms with E-state index < -0.39 is 6.04 Å². The van der Waals surface area contributed by atoms with Crippen molar-refractivity contribution in [3.63, 3.8) is 0 Å². The molecule has 1 aromatic heterocycles. The van der Waals surface area contributed by atoms with Gasteiger partial charge in [-0.15, -0.1) is 0 Å². The summed E-state index contributed by atoms with van der Waals surface area (Å²) in [6, 6.07) is 1.35. The van der Waals surface area contributed by atoms with E-state index in [1.54, 1.807) is 36.4 Å². The van der Waals surface area contributed by atoms with Crippen LogP contribution >= 0.6 is 0 Å². The molecule has 2 fully saturated rings. The Bertz CT molecular complexity index is 817. The summed E-state index contributed by atoms with van der Waals surface area (Å²) in [6.45, 7) is 8.78. The van der Waals surface area contributed by atoms with Gasteiger partial charge in [0.25, 0.3) is 0 Å². The van der Waals surface area contributed by atoms with E-state index >= 15 is 0 Å². The maximum atomic E-state index is 12.2.